The van der Waals surface area contributed by atoms with Gasteiger partial charge in [0.25, 0.3) is 0 Å². The highest BCUT2D eigenvalue weighted by Crippen LogP contribution is 2.43. The molecule has 3 heterocycles. The summed E-state index contributed by atoms with van der Waals surface area (Å²) in [7, 11) is 0. The number of hydrogen-bond donors (Lipinski definition) is 0. The van der Waals surface area contributed by atoms with Crippen LogP contribution in [0.15, 0.2) is 176 Å². The van der Waals surface area contributed by atoms with Gasteiger partial charge < -0.3 is 13.7 Å². The molecule has 8 aromatic carbocycles. The third-order valence-electron chi connectivity index (χ3n) is 11.1. The number of hydrogen-bond acceptors (Lipinski definition) is 1. The predicted molar refractivity (Wildman–Crippen MR) is 226 cm³/mol. The molecule has 0 spiro atoms. The first-order valence-electron chi connectivity index (χ1n) is 18.3. The van der Waals surface area contributed by atoms with Crippen LogP contribution in [-0.4, -0.2) is 13.7 Å². The van der Waals surface area contributed by atoms with Crippen molar-refractivity contribution in [2.75, 3.05) is 0 Å². The summed E-state index contributed by atoms with van der Waals surface area (Å²) in [5, 5.41) is 17.0. The van der Waals surface area contributed by atoms with Crippen LogP contribution in [0.25, 0.3) is 98.5 Å². The van der Waals surface area contributed by atoms with E-state index >= 15 is 0 Å². The van der Waals surface area contributed by atoms with Crippen LogP contribution in [0.4, 0.5) is 5.69 Å². The smallest absolute Gasteiger partial charge is 0.197 e. The Bertz CT molecular complexity index is 3420. The molecule has 0 amide bonds. The topological polar surface area (TPSA) is 42.9 Å². The lowest BCUT2D eigenvalue weighted by Gasteiger charge is -2.16. The molecule has 0 aliphatic heterocycles. The molecule has 55 heavy (non-hydrogen) atoms. The normalized spacial score (nSPS) is 11.6. The number of aromatic nitrogens is 3. The third kappa shape index (κ3) is 4.39. The van der Waals surface area contributed by atoms with Gasteiger partial charge in [-0.15, -0.1) is 0 Å². The molecule has 5 nitrogen and oxygen atoms in total. The van der Waals surface area contributed by atoms with Crippen LogP contribution in [0.3, 0.4) is 0 Å². The third-order valence-corrected chi connectivity index (χ3v) is 11.1. The van der Waals surface area contributed by atoms with Gasteiger partial charge in [-0.3, -0.25) is 0 Å². The first-order chi connectivity index (χ1) is 27.2. The second-order valence-corrected chi connectivity index (χ2v) is 13.9. The Balaban J connectivity index is 1.19. The lowest BCUT2D eigenvalue weighted by molar-refractivity contribution is 1.16. The Morgan fingerprint density at radius 3 is 1.64 bits per heavy atom. The SMILES string of the molecule is [C-]#[N+]c1cccc2c1c1ccccc1n2-c1cccc(-c2cc(C#N)ccc2-n2c3ccccc3c3c(-n4c5ccccc5c5ccccc54)cccc32)c1. The first-order valence-corrected chi connectivity index (χ1v) is 18.3. The summed E-state index contributed by atoms with van der Waals surface area (Å²) >= 11 is 0. The molecule has 11 rings (SSSR count). The van der Waals surface area contributed by atoms with Crippen molar-refractivity contribution in [2.24, 2.45) is 0 Å². The van der Waals surface area contributed by atoms with E-state index in [9.17, 15) is 5.26 Å². The van der Waals surface area contributed by atoms with E-state index in [0.717, 1.165) is 82.8 Å². The molecule has 0 atom stereocenters. The van der Waals surface area contributed by atoms with E-state index in [0.29, 0.717) is 11.3 Å². The van der Waals surface area contributed by atoms with Gasteiger partial charge in [0.2, 0.25) is 0 Å². The highest BCUT2D eigenvalue weighted by molar-refractivity contribution is 6.17. The Hall–Kier alpha value is -7.86. The standard InChI is InChI=1S/C50H29N5/c1-52-40-19-11-24-46-49(40)37-17-4-8-22-43(37)53(46)34-14-10-13-33(30-34)39-29-32(31-51)27-28-45(39)55-44-23-9-5-18-38(44)50-47(25-12-26-48(50)55)54-41-20-6-2-15-35(41)36-16-3-7-21-42(36)54/h2-30H. The van der Waals surface area contributed by atoms with Crippen LogP contribution in [-0.2, 0) is 0 Å². The van der Waals surface area contributed by atoms with Crippen LogP contribution in [0.2, 0.25) is 0 Å². The summed E-state index contributed by atoms with van der Waals surface area (Å²) < 4.78 is 7.00. The average molecular weight is 700 g/mol. The molecule has 0 aliphatic rings. The fraction of sp³-hybridized carbons (Fsp3) is 0. The van der Waals surface area contributed by atoms with Crippen molar-refractivity contribution in [1.82, 2.24) is 13.7 Å². The van der Waals surface area contributed by atoms with Crippen LogP contribution < -0.4 is 0 Å². The fourth-order valence-corrected chi connectivity index (χ4v) is 8.84. The molecule has 11 aromatic rings. The molecular formula is C50H29N5. The van der Waals surface area contributed by atoms with E-state index in [1.807, 2.05) is 36.4 Å². The van der Waals surface area contributed by atoms with Gasteiger partial charge >= 0.3 is 0 Å². The highest BCUT2D eigenvalue weighted by Gasteiger charge is 2.22. The van der Waals surface area contributed by atoms with Crippen LogP contribution in [0.1, 0.15) is 5.56 Å². The number of nitrogens with zero attached hydrogens (tertiary/aromatic N) is 5. The molecule has 254 valence electrons. The molecule has 3 aromatic heterocycles. The van der Waals surface area contributed by atoms with Gasteiger partial charge in [-0.2, -0.15) is 5.26 Å². The number of para-hydroxylation sites is 4. The minimum Gasteiger partial charge on any atom is -0.311 e. The van der Waals surface area contributed by atoms with E-state index < -0.39 is 0 Å². The van der Waals surface area contributed by atoms with Crippen molar-refractivity contribution in [3.63, 3.8) is 0 Å². The largest absolute Gasteiger partial charge is 0.311 e. The fourth-order valence-electron chi connectivity index (χ4n) is 8.84. The maximum Gasteiger partial charge on any atom is 0.197 e. The van der Waals surface area contributed by atoms with Gasteiger partial charge in [-0.1, -0.05) is 103 Å². The van der Waals surface area contributed by atoms with Gasteiger partial charge in [0, 0.05) is 43.7 Å². The van der Waals surface area contributed by atoms with Crippen LogP contribution in [0.5, 0.6) is 0 Å². The average Bonchev–Trinajstić information content (AvgIpc) is 3.89. The molecule has 0 saturated heterocycles. The van der Waals surface area contributed by atoms with E-state index in [4.69, 9.17) is 6.57 Å². The van der Waals surface area contributed by atoms with E-state index in [1.165, 1.54) is 10.8 Å². The summed E-state index contributed by atoms with van der Waals surface area (Å²) in [5.41, 5.74) is 12.8. The Labute approximate surface area is 316 Å². The van der Waals surface area contributed by atoms with E-state index in [-0.39, 0.29) is 0 Å². The van der Waals surface area contributed by atoms with Gasteiger partial charge in [0.15, 0.2) is 5.69 Å². The lowest BCUT2D eigenvalue weighted by atomic mass is 10.00. The summed E-state index contributed by atoms with van der Waals surface area (Å²) in [5.74, 6) is 0. The quantitative estimate of drug-likeness (QED) is 0.169. The molecule has 0 bridgehead atoms. The molecule has 0 aliphatic carbocycles. The number of nitriles is 1. The zero-order valence-electron chi connectivity index (χ0n) is 29.5. The van der Waals surface area contributed by atoms with Crippen molar-refractivity contribution >= 4 is 71.1 Å². The second-order valence-electron chi connectivity index (χ2n) is 13.9. The zero-order valence-corrected chi connectivity index (χ0v) is 29.5. The number of fused-ring (bicyclic) bond motifs is 9. The summed E-state index contributed by atoms with van der Waals surface area (Å²) in [4.78, 5) is 3.88. The summed E-state index contributed by atoms with van der Waals surface area (Å²) in [6.45, 7) is 7.92. The molecule has 0 N–H and O–H groups in total. The monoisotopic (exact) mass is 699 g/mol. The van der Waals surface area contributed by atoms with Gasteiger partial charge in [0.1, 0.15) is 0 Å². The minimum absolute atomic E-state index is 0.592. The Kier molecular flexibility index (Phi) is 6.61. The van der Waals surface area contributed by atoms with Crippen molar-refractivity contribution in [2.45, 2.75) is 0 Å². The Morgan fingerprint density at radius 2 is 0.964 bits per heavy atom. The minimum atomic E-state index is 0.592. The molecule has 0 fully saturated rings. The zero-order chi connectivity index (χ0) is 36.6. The first kappa shape index (κ1) is 30.7. The second kappa shape index (κ2) is 11.8. The van der Waals surface area contributed by atoms with Crippen LogP contribution in [0, 0.1) is 17.9 Å². The predicted octanol–water partition coefficient (Wildman–Crippen LogP) is 13.1. The van der Waals surface area contributed by atoms with Crippen LogP contribution >= 0.6 is 0 Å². The maximum absolute atomic E-state index is 10.2. The highest BCUT2D eigenvalue weighted by atomic mass is 15.0. The molecule has 5 heteroatoms. The van der Waals surface area contributed by atoms with Gasteiger partial charge in [-0.05, 0) is 83.7 Å². The molecular weight excluding hydrogens is 671 g/mol. The van der Waals surface area contributed by atoms with Crippen molar-refractivity contribution in [1.29, 1.82) is 5.26 Å². The van der Waals surface area contributed by atoms with Crippen molar-refractivity contribution in [3.05, 3.63) is 193 Å². The molecule has 0 saturated carbocycles. The lowest BCUT2D eigenvalue weighted by Crippen LogP contribution is -2.00. The maximum atomic E-state index is 10.2. The molecule has 0 unspecified atom stereocenters. The number of benzene rings is 8. The summed E-state index contributed by atoms with van der Waals surface area (Å²) in [6, 6.07) is 63.6. The van der Waals surface area contributed by atoms with E-state index in [1.54, 1.807) is 0 Å². The van der Waals surface area contributed by atoms with E-state index in [2.05, 4.69) is 164 Å². The van der Waals surface area contributed by atoms with Crippen molar-refractivity contribution in [3.8, 4) is 34.3 Å². The van der Waals surface area contributed by atoms with Gasteiger partial charge in [-0.25, -0.2) is 4.85 Å². The van der Waals surface area contributed by atoms with Gasteiger partial charge in [0.05, 0.1) is 57.2 Å². The molecule has 0 radical (unpaired) electrons. The van der Waals surface area contributed by atoms with Crippen molar-refractivity contribution < 1.29 is 0 Å². The Morgan fingerprint density at radius 1 is 0.436 bits per heavy atom. The number of rotatable bonds is 4. The summed E-state index contributed by atoms with van der Waals surface area (Å²) in [6.07, 6.45) is 0.